The maximum atomic E-state index is 12.8. The van der Waals surface area contributed by atoms with E-state index in [9.17, 15) is 4.79 Å². The highest BCUT2D eigenvalue weighted by molar-refractivity contribution is 5.95. The lowest BCUT2D eigenvalue weighted by Gasteiger charge is -2.21. The van der Waals surface area contributed by atoms with E-state index in [0.717, 1.165) is 49.3 Å². The largest absolute Gasteiger partial charge is 0.337 e. The van der Waals surface area contributed by atoms with Gasteiger partial charge < -0.3 is 9.80 Å². The molecule has 2 heterocycles. The molecule has 0 bridgehead atoms. The fourth-order valence-corrected chi connectivity index (χ4v) is 3.03. The van der Waals surface area contributed by atoms with Crippen LogP contribution in [0.5, 0.6) is 0 Å². The van der Waals surface area contributed by atoms with Gasteiger partial charge in [-0.2, -0.15) is 0 Å². The van der Waals surface area contributed by atoms with Crippen LogP contribution < -0.4 is 0 Å². The second-order valence-corrected chi connectivity index (χ2v) is 6.21. The van der Waals surface area contributed by atoms with Gasteiger partial charge in [0, 0.05) is 37.6 Å². The van der Waals surface area contributed by atoms with E-state index in [1.165, 1.54) is 5.56 Å². The number of nitrogens with zero attached hydrogens (tertiary/aromatic N) is 3. The molecule has 1 aromatic heterocycles. The van der Waals surface area contributed by atoms with Crippen LogP contribution in [0.4, 0.5) is 0 Å². The second kappa shape index (κ2) is 6.92. The molecule has 0 aliphatic carbocycles. The van der Waals surface area contributed by atoms with E-state index in [-0.39, 0.29) is 5.91 Å². The Hall–Kier alpha value is -2.20. The number of hydrogen-bond acceptors (Lipinski definition) is 3. The second-order valence-electron chi connectivity index (χ2n) is 6.21. The van der Waals surface area contributed by atoms with Gasteiger partial charge in [0.25, 0.3) is 5.91 Å². The molecule has 1 aliphatic rings. The molecule has 0 radical (unpaired) electrons. The Morgan fingerprint density at radius 2 is 1.83 bits per heavy atom. The SMILES string of the molecule is Cc1ccc(C(=O)N2CCCN(C)CC2)cc1-c1ccncc1. The van der Waals surface area contributed by atoms with Crippen molar-refractivity contribution in [3.63, 3.8) is 0 Å². The fraction of sp³-hybridized carbons (Fsp3) is 0.368. The Morgan fingerprint density at radius 1 is 1.04 bits per heavy atom. The van der Waals surface area contributed by atoms with Crippen molar-refractivity contribution in [1.29, 1.82) is 0 Å². The van der Waals surface area contributed by atoms with Gasteiger partial charge in [0.05, 0.1) is 0 Å². The van der Waals surface area contributed by atoms with Gasteiger partial charge in [-0.1, -0.05) is 6.07 Å². The average Bonchev–Trinajstić information content (AvgIpc) is 2.80. The molecule has 23 heavy (non-hydrogen) atoms. The quantitative estimate of drug-likeness (QED) is 0.856. The van der Waals surface area contributed by atoms with Crippen LogP contribution in [-0.2, 0) is 0 Å². The molecule has 1 saturated heterocycles. The molecule has 1 aliphatic heterocycles. The summed E-state index contributed by atoms with van der Waals surface area (Å²) in [6.45, 7) is 5.70. The molecule has 3 rings (SSSR count). The lowest BCUT2D eigenvalue weighted by atomic mass is 9.98. The van der Waals surface area contributed by atoms with E-state index in [1.54, 1.807) is 12.4 Å². The van der Waals surface area contributed by atoms with E-state index >= 15 is 0 Å². The molecule has 1 aromatic carbocycles. The van der Waals surface area contributed by atoms with Crippen LogP contribution in [0, 0.1) is 6.92 Å². The lowest BCUT2D eigenvalue weighted by Crippen LogP contribution is -2.34. The molecule has 0 N–H and O–H groups in total. The number of carbonyl (C=O) groups is 1. The summed E-state index contributed by atoms with van der Waals surface area (Å²) in [5, 5.41) is 0. The van der Waals surface area contributed by atoms with Gasteiger partial charge in [-0.3, -0.25) is 9.78 Å². The minimum absolute atomic E-state index is 0.135. The number of aromatic nitrogens is 1. The zero-order valence-electron chi connectivity index (χ0n) is 13.8. The van der Waals surface area contributed by atoms with E-state index in [4.69, 9.17) is 0 Å². The molecule has 4 heteroatoms. The summed E-state index contributed by atoms with van der Waals surface area (Å²) in [5.74, 6) is 0.135. The summed E-state index contributed by atoms with van der Waals surface area (Å²) < 4.78 is 0. The number of hydrogen-bond donors (Lipinski definition) is 0. The van der Waals surface area contributed by atoms with E-state index in [0.29, 0.717) is 0 Å². The summed E-state index contributed by atoms with van der Waals surface area (Å²) in [6, 6.07) is 9.96. The molecular formula is C19H23N3O. The first kappa shape index (κ1) is 15.7. The molecule has 1 amide bonds. The van der Waals surface area contributed by atoms with Gasteiger partial charge in [0.2, 0.25) is 0 Å². The molecule has 0 saturated carbocycles. The minimum atomic E-state index is 0.135. The molecule has 1 fully saturated rings. The topological polar surface area (TPSA) is 36.4 Å². The van der Waals surface area contributed by atoms with Gasteiger partial charge in [-0.05, 0) is 67.9 Å². The molecule has 2 aromatic rings. The first-order valence-corrected chi connectivity index (χ1v) is 8.14. The van der Waals surface area contributed by atoms with Crippen LogP contribution in [0.1, 0.15) is 22.3 Å². The normalized spacial score (nSPS) is 16.2. The number of aryl methyl sites for hydroxylation is 1. The molecule has 0 atom stereocenters. The predicted molar refractivity (Wildman–Crippen MR) is 92.4 cm³/mol. The number of pyridine rings is 1. The smallest absolute Gasteiger partial charge is 0.253 e. The zero-order chi connectivity index (χ0) is 16.2. The molecule has 120 valence electrons. The van der Waals surface area contributed by atoms with E-state index in [2.05, 4.69) is 23.9 Å². The van der Waals surface area contributed by atoms with Crippen LogP contribution in [0.3, 0.4) is 0 Å². The minimum Gasteiger partial charge on any atom is -0.337 e. The van der Waals surface area contributed by atoms with Gasteiger partial charge in [0.15, 0.2) is 0 Å². The van der Waals surface area contributed by atoms with E-state index < -0.39 is 0 Å². The van der Waals surface area contributed by atoms with Crippen molar-refractivity contribution < 1.29 is 4.79 Å². The van der Waals surface area contributed by atoms with Crippen LogP contribution in [-0.4, -0.2) is 53.9 Å². The number of amides is 1. The number of likely N-dealkylation sites (N-methyl/N-ethyl adjacent to an activating group) is 1. The first-order chi connectivity index (χ1) is 11.1. The summed E-state index contributed by atoms with van der Waals surface area (Å²) in [6.07, 6.45) is 4.60. The Balaban J connectivity index is 1.87. The number of rotatable bonds is 2. The molecule has 0 unspecified atom stereocenters. The van der Waals surface area contributed by atoms with Crippen molar-refractivity contribution in [2.45, 2.75) is 13.3 Å². The summed E-state index contributed by atoms with van der Waals surface area (Å²) in [5.41, 5.74) is 4.14. The fourth-order valence-electron chi connectivity index (χ4n) is 3.03. The van der Waals surface area contributed by atoms with Gasteiger partial charge in [-0.25, -0.2) is 0 Å². The Bertz CT molecular complexity index is 684. The van der Waals surface area contributed by atoms with Gasteiger partial charge >= 0.3 is 0 Å². The molecular weight excluding hydrogens is 286 g/mol. The third-order valence-electron chi connectivity index (χ3n) is 4.48. The van der Waals surface area contributed by atoms with Crippen LogP contribution in [0.25, 0.3) is 11.1 Å². The number of carbonyl (C=O) groups excluding carboxylic acids is 1. The monoisotopic (exact) mass is 309 g/mol. The van der Waals surface area contributed by atoms with Crippen molar-refractivity contribution in [2.75, 3.05) is 33.2 Å². The zero-order valence-corrected chi connectivity index (χ0v) is 13.8. The predicted octanol–water partition coefficient (Wildman–Crippen LogP) is 2.83. The van der Waals surface area contributed by atoms with Crippen LogP contribution in [0.15, 0.2) is 42.7 Å². The summed E-state index contributed by atoms with van der Waals surface area (Å²) in [4.78, 5) is 21.2. The average molecular weight is 309 g/mol. The van der Waals surface area contributed by atoms with Crippen molar-refractivity contribution in [2.24, 2.45) is 0 Å². The Morgan fingerprint density at radius 3 is 2.61 bits per heavy atom. The van der Waals surface area contributed by atoms with E-state index in [1.807, 2.05) is 35.2 Å². The highest BCUT2D eigenvalue weighted by atomic mass is 16.2. The van der Waals surface area contributed by atoms with Crippen molar-refractivity contribution in [3.8, 4) is 11.1 Å². The first-order valence-electron chi connectivity index (χ1n) is 8.14. The lowest BCUT2D eigenvalue weighted by molar-refractivity contribution is 0.0763. The maximum Gasteiger partial charge on any atom is 0.253 e. The Kier molecular flexibility index (Phi) is 4.72. The molecule has 4 nitrogen and oxygen atoms in total. The molecule has 0 spiro atoms. The van der Waals surface area contributed by atoms with Gasteiger partial charge in [0.1, 0.15) is 0 Å². The summed E-state index contributed by atoms with van der Waals surface area (Å²) in [7, 11) is 2.11. The Labute approximate surface area is 137 Å². The van der Waals surface area contributed by atoms with Gasteiger partial charge in [-0.15, -0.1) is 0 Å². The summed E-state index contributed by atoms with van der Waals surface area (Å²) >= 11 is 0. The van der Waals surface area contributed by atoms with Crippen molar-refractivity contribution >= 4 is 5.91 Å². The van der Waals surface area contributed by atoms with Crippen molar-refractivity contribution in [3.05, 3.63) is 53.9 Å². The highest BCUT2D eigenvalue weighted by Gasteiger charge is 2.19. The third kappa shape index (κ3) is 3.59. The maximum absolute atomic E-state index is 12.8. The standard InChI is InChI=1S/C19H23N3O/c1-15-4-5-17(14-18(15)16-6-8-20-9-7-16)19(23)22-11-3-10-21(2)12-13-22/h4-9,14H,3,10-13H2,1-2H3. The van der Waals surface area contributed by atoms with Crippen LogP contribution in [0.2, 0.25) is 0 Å². The number of benzene rings is 1. The van der Waals surface area contributed by atoms with Crippen LogP contribution >= 0.6 is 0 Å². The highest BCUT2D eigenvalue weighted by Crippen LogP contribution is 2.24. The van der Waals surface area contributed by atoms with Crippen molar-refractivity contribution in [1.82, 2.24) is 14.8 Å². The third-order valence-corrected chi connectivity index (χ3v) is 4.48.